The molecule has 3 amide bonds. The Labute approximate surface area is 170 Å². The second-order valence-corrected chi connectivity index (χ2v) is 8.53. The first-order valence-corrected chi connectivity index (χ1v) is 10.1. The van der Waals surface area contributed by atoms with Gasteiger partial charge in [0, 0.05) is 24.8 Å². The van der Waals surface area contributed by atoms with E-state index in [0.717, 1.165) is 12.1 Å². The zero-order chi connectivity index (χ0) is 20.8. The highest BCUT2D eigenvalue weighted by atomic mass is 16.5. The summed E-state index contributed by atoms with van der Waals surface area (Å²) in [6.07, 6.45) is 4.42. The van der Waals surface area contributed by atoms with Crippen molar-refractivity contribution in [3.63, 3.8) is 0 Å². The normalized spacial score (nSPS) is 29.4. The third kappa shape index (κ3) is 3.44. The number of nitrogens with one attached hydrogen (secondary N) is 2. The number of ether oxygens (including phenoxy) is 1. The third-order valence-corrected chi connectivity index (χ3v) is 5.92. The fourth-order valence-corrected chi connectivity index (χ4v) is 4.55. The van der Waals surface area contributed by atoms with Gasteiger partial charge in [0.25, 0.3) is 0 Å². The molecular weight excluding hydrogens is 370 g/mol. The molecule has 154 valence electrons. The van der Waals surface area contributed by atoms with Gasteiger partial charge in [0.1, 0.15) is 5.60 Å². The Morgan fingerprint density at radius 3 is 2.66 bits per heavy atom. The first-order valence-electron chi connectivity index (χ1n) is 10.1. The number of hydrogen-bond donors (Lipinski definition) is 2. The van der Waals surface area contributed by atoms with E-state index in [1.54, 1.807) is 29.2 Å². The van der Waals surface area contributed by atoms with Gasteiger partial charge in [-0.1, -0.05) is 26.0 Å². The van der Waals surface area contributed by atoms with Gasteiger partial charge in [-0.2, -0.15) is 0 Å². The lowest BCUT2D eigenvalue weighted by atomic mass is 9.77. The highest BCUT2D eigenvalue weighted by Crippen LogP contribution is 2.52. The largest absolute Gasteiger partial charge is 0.360 e. The maximum atomic E-state index is 13.3. The van der Waals surface area contributed by atoms with Crippen molar-refractivity contribution < 1.29 is 19.1 Å². The van der Waals surface area contributed by atoms with Crippen molar-refractivity contribution in [2.24, 2.45) is 17.8 Å². The van der Waals surface area contributed by atoms with Crippen LogP contribution in [0.15, 0.2) is 36.4 Å². The van der Waals surface area contributed by atoms with Crippen molar-refractivity contribution in [1.82, 2.24) is 5.32 Å². The molecule has 0 aromatic heterocycles. The van der Waals surface area contributed by atoms with E-state index in [9.17, 15) is 14.4 Å². The van der Waals surface area contributed by atoms with Gasteiger partial charge in [-0.15, -0.1) is 0 Å². The minimum atomic E-state index is -0.738. The fourth-order valence-electron chi connectivity index (χ4n) is 4.55. The summed E-state index contributed by atoms with van der Waals surface area (Å²) in [5, 5.41) is 5.70. The molecule has 3 heterocycles. The molecule has 3 aliphatic rings. The van der Waals surface area contributed by atoms with Crippen molar-refractivity contribution in [2.75, 3.05) is 23.3 Å². The summed E-state index contributed by atoms with van der Waals surface area (Å²) < 4.78 is 6.15. The lowest BCUT2D eigenvalue weighted by Gasteiger charge is -2.23. The Bertz CT molecular complexity index is 863. The van der Waals surface area contributed by atoms with E-state index < -0.39 is 17.4 Å². The Morgan fingerprint density at radius 2 is 2.00 bits per heavy atom. The maximum absolute atomic E-state index is 13.3. The summed E-state index contributed by atoms with van der Waals surface area (Å²) in [5.74, 6) is -0.849. The van der Waals surface area contributed by atoms with Crippen molar-refractivity contribution in [2.45, 2.75) is 38.9 Å². The van der Waals surface area contributed by atoms with Crippen LogP contribution in [0.4, 0.5) is 11.4 Å². The Morgan fingerprint density at radius 1 is 1.28 bits per heavy atom. The van der Waals surface area contributed by atoms with E-state index in [2.05, 4.69) is 24.5 Å². The zero-order valence-corrected chi connectivity index (χ0v) is 17.0. The van der Waals surface area contributed by atoms with Crippen LogP contribution in [-0.4, -0.2) is 42.5 Å². The monoisotopic (exact) mass is 397 g/mol. The van der Waals surface area contributed by atoms with Gasteiger partial charge in [0.2, 0.25) is 17.7 Å². The van der Waals surface area contributed by atoms with Crippen LogP contribution in [0.25, 0.3) is 0 Å². The number of benzene rings is 1. The summed E-state index contributed by atoms with van der Waals surface area (Å²) in [7, 11) is 0. The summed E-state index contributed by atoms with van der Waals surface area (Å²) in [4.78, 5) is 39.0. The molecule has 2 N–H and O–H groups in total. The molecule has 2 saturated heterocycles. The smallest absolute Gasteiger partial charge is 0.234 e. The minimum absolute atomic E-state index is 0.0897. The molecule has 0 unspecified atom stereocenters. The topological polar surface area (TPSA) is 87.7 Å². The summed E-state index contributed by atoms with van der Waals surface area (Å²) in [5.41, 5.74) is 0.663. The fraction of sp³-hybridized carbons (Fsp3) is 0.500. The molecule has 2 fully saturated rings. The van der Waals surface area contributed by atoms with E-state index in [0.29, 0.717) is 24.7 Å². The van der Waals surface area contributed by atoms with Gasteiger partial charge in [0.05, 0.1) is 24.5 Å². The first kappa shape index (κ1) is 19.6. The second-order valence-electron chi connectivity index (χ2n) is 8.53. The average Bonchev–Trinajstić information content (AvgIpc) is 3.30. The standard InChI is InChI=1S/C22H27N3O4/c1-13(2)9-11-23-20(27)18-17-8-10-22(29-17)12-25(21(28)19(18)22)16-6-4-15(5-7-16)24-14(3)26/h4-8,10,13,17-19H,9,11-12H2,1-3H3,(H,23,27)(H,24,26)/t17-,18+,19+,22-/m0/s1. The van der Waals surface area contributed by atoms with Crippen LogP contribution in [0.5, 0.6) is 0 Å². The molecule has 29 heavy (non-hydrogen) atoms. The molecule has 3 aliphatic heterocycles. The Balaban J connectivity index is 1.52. The second kappa shape index (κ2) is 7.30. The van der Waals surface area contributed by atoms with Crippen molar-refractivity contribution >= 4 is 29.1 Å². The average molecular weight is 397 g/mol. The van der Waals surface area contributed by atoms with Gasteiger partial charge in [-0.3, -0.25) is 14.4 Å². The molecule has 4 rings (SSSR count). The van der Waals surface area contributed by atoms with Crippen LogP contribution < -0.4 is 15.5 Å². The van der Waals surface area contributed by atoms with Crippen molar-refractivity contribution in [3.05, 3.63) is 36.4 Å². The van der Waals surface area contributed by atoms with Crippen LogP contribution in [0, 0.1) is 17.8 Å². The number of amides is 3. The van der Waals surface area contributed by atoms with E-state index in [1.165, 1.54) is 6.92 Å². The molecule has 1 aromatic rings. The summed E-state index contributed by atoms with van der Waals surface area (Å²) >= 11 is 0. The maximum Gasteiger partial charge on any atom is 0.234 e. The van der Waals surface area contributed by atoms with Crippen LogP contribution in [0.1, 0.15) is 27.2 Å². The number of hydrogen-bond acceptors (Lipinski definition) is 4. The van der Waals surface area contributed by atoms with Gasteiger partial charge in [-0.05, 0) is 36.6 Å². The van der Waals surface area contributed by atoms with Crippen LogP contribution in [0.3, 0.4) is 0 Å². The molecule has 1 aromatic carbocycles. The highest BCUT2D eigenvalue weighted by molar-refractivity contribution is 6.03. The van der Waals surface area contributed by atoms with Gasteiger partial charge in [0.15, 0.2) is 0 Å². The first-order chi connectivity index (χ1) is 13.8. The molecule has 0 saturated carbocycles. The molecule has 0 radical (unpaired) electrons. The molecule has 4 atom stereocenters. The molecular formula is C22H27N3O4. The Kier molecular flexibility index (Phi) is 4.94. The number of nitrogens with zero attached hydrogens (tertiary/aromatic N) is 1. The summed E-state index contributed by atoms with van der Waals surface area (Å²) in [6, 6.07) is 7.13. The van der Waals surface area contributed by atoms with Gasteiger partial charge < -0.3 is 20.3 Å². The predicted octanol–water partition coefficient (Wildman–Crippen LogP) is 2.09. The minimum Gasteiger partial charge on any atom is -0.360 e. The summed E-state index contributed by atoms with van der Waals surface area (Å²) in [6.45, 7) is 6.66. The van der Waals surface area contributed by atoms with Gasteiger partial charge in [-0.25, -0.2) is 0 Å². The lowest BCUT2D eigenvalue weighted by molar-refractivity contribution is -0.131. The predicted molar refractivity (Wildman–Crippen MR) is 109 cm³/mol. The van der Waals surface area contributed by atoms with Gasteiger partial charge >= 0.3 is 0 Å². The van der Waals surface area contributed by atoms with Crippen molar-refractivity contribution in [1.29, 1.82) is 0 Å². The van der Waals surface area contributed by atoms with E-state index >= 15 is 0 Å². The van der Waals surface area contributed by atoms with Crippen LogP contribution >= 0.6 is 0 Å². The SMILES string of the molecule is CC(=O)Nc1ccc(N2C[C@]34C=C[C@H](O3)[C@@H](C(=O)NCCC(C)C)[C@@H]4C2=O)cc1. The zero-order valence-electron chi connectivity index (χ0n) is 17.0. The molecule has 2 bridgehead atoms. The molecule has 1 spiro atoms. The van der Waals surface area contributed by atoms with Crippen molar-refractivity contribution in [3.8, 4) is 0 Å². The molecule has 7 heteroatoms. The third-order valence-electron chi connectivity index (χ3n) is 5.92. The molecule has 7 nitrogen and oxygen atoms in total. The van der Waals surface area contributed by atoms with E-state index in [-0.39, 0.29) is 23.8 Å². The number of anilines is 2. The lowest BCUT2D eigenvalue weighted by Crippen LogP contribution is -2.44. The van der Waals surface area contributed by atoms with Crippen LogP contribution in [0.2, 0.25) is 0 Å². The van der Waals surface area contributed by atoms with E-state index in [4.69, 9.17) is 4.74 Å². The van der Waals surface area contributed by atoms with Crippen LogP contribution in [-0.2, 0) is 19.1 Å². The number of rotatable bonds is 6. The number of fused-ring (bicyclic) bond motifs is 1. The van der Waals surface area contributed by atoms with E-state index in [1.807, 2.05) is 12.2 Å². The number of carbonyl (C=O) groups is 3. The molecule has 0 aliphatic carbocycles. The Hall–Kier alpha value is -2.67. The number of carbonyl (C=O) groups excluding carboxylic acids is 3. The quantitative estimate of drug-likeness (QED) is 0.720. The highest BCUT2D eigenvalue weighted by Gasteiger charge is 2.67.